The van der Waals surface area contributed by atoms with Gasteiger partial charge in [0.1, 0.15) is 0 Å². The van der Waals surface area contributed by atoms with Crippen LogP contribution >= 0.6 is 0 Å². The average molecular weight is 291 g/mol. The van der Waals surface area contributed by atoms with Crippen LogP contribution < -0.4 is 5.73 Å². The van der Waals surface area contributed by atoms with Crippen molar-refractivity contribution < 1.29 is 9.72 Å². The molecule has 0 bridgehead atoms. The van der Waals surface area contributed by atoms with Crippen molar-refractivity contribution in [2.24, 2.45) is 11.7 Å². The minimum Gasteiger partial charge on any atom is -0.339 e. The lowest BCUT2D eigenvalue weighted by molar-refractivity contribution is -0.384. The number of nitro groups is 1. The van der Waals surface area contributed by atoms with E-state index in [1.807, 2.05) is 6.92 Å². The van der Waals surface area contributed by atoms with Gasteiger partial charge in [-0.1, -0.05) is 18.6 Å². The van der Waals surface area contributed by atoms with E-state index in [-0.39, 0.29) is 29.6 Å². The Kier molecular flexibility index (Phi) is 4.57. The molecule has 2 N–H and O–H groups in total. The van der Waals surface area contributed by atoms with E-state index in [4.69, 9.17) is 5.73 Å². The zero-order valence-electron chi connectivity index (χ0n) is 12.4. The molecule has 0 spiro atoms. The summed E-state index contributed by atoms with van der Waals surface area (Å²) in [6.45, 7) is 1.87. The third-order valence-electron chi connectivity index (χ3n) is 4.38. The van der Waals surface area contributed by atoms with Gasteiger partial charge in [0.15, 0.2) is 0 Å². The molecule has 1 amide bonds. The molecule has 0 aliphatic heterocycles. The number of non-ortho nitro benzene ring substituents is 1. The zero-order chi connectivity index (χ0) is 15.6. The summed E-state index contributed by atoms with van der Waals surface area (Å²) in [5, 5.41) is 10.8. The van der Waals surface area contributed by atoms with Crippen LogP contribution in [0.2, 0.25) is 0 Å². The second kappa shape index (κ2) is 6.22. The highest BCUT2D eigenvalue weighted by molar-refractivity contribution is 5.80. The number of carbonyl (C=O) groups excluding carboxylic acids is 1. The number of rotatable bonds is 4. The second-order valence-electron chi connectivity index (χ2n) is 5.68. The number of nitro benzene ring substituents is 1. The highest BCUT2D eigenvalue weighted by Crippen LogP contribution is 2.29. The maximum absolute atomic E-state index is 12.5. The Morgan fingerprint density at radius 2 is 2.19 bits per heavy atom. The zero-order valence-corrected chi connectivity index (χ0v) is 12.4. The monoisotopic (exact) mass is 291 g/mol. The Morgan fingerprint density at radius 3 is 2.76 bits per heavy atom. The number of hydrogen-bond acceptors (Lipinski definition) is 4. The second-order valence-corrected chi connectivity index (χ2v) is 5.68. The van der Waals surface area contributed by atoms with Gasteiger partial charge < -0.3 is 10.6 Å². The van der Waals surface area contributed by atoms with Crippen LogP contribution in [0.25, 0.3) is 0 Å². The highest BCUT2D eigenvalue weighted by Gasteiger charge is 2.33. The van der Waals surface area contributed by atoms with Crippen molar-refractivity contribution in [2.45, 2.75) is 38.3 Å². The maximum Gasteiger partial charge on any atom is 0.269 e. The van der Waals surface area contributed by atoms with Gasteiger partial charge in [-0.3, -0.25) is 14.9 Å². The van der Waals surface area contributed by atoms with Crippen LogP contribution in [-0.4, -0.2) is 28.8 Å². The van der Waals surface area contributed by atoms with Gasteiger partial charge in [0.05, 0.1) is 16.9 Å². The van der Waals surface area contributed by atoms with E-state index >= 15 is 0 Å². The molecule has 6 heteroatoms. The first-order valence-electron chi connectivity index (χ1n) is 7.18. The Bertz CT molecular complexity index is 547. The Balaban J connectivity index is 2.15. The van der Waals surface area contributed by atoms with E-state index in [0.717, 1.165) is 24.8 Å². The molecule has 1 aliphatic carbocycles. The molecule has 0 radical (unpaired) electrons. The van der Waals surface area contributed by atoms with Crippen molar-refractivity contribution in [1.29, 1.82) is 0 Å². The van der Waals surface area contributed by atoms with Crippen molar-refractivity contribution >= 4 is 11.6 Å². The maximum atomic E-state index is 12.5. The van der Waals surface area contributed by atoms with Crippen LogP contribution in [0.1, 0.15) is 37.8 Å². The summed E-state index contributed by atoms with van der Waals surface area (Å²) < 4.78 is 0. The fourth-order valence-electron chi connectivity index (χ4n) is 2.87. The van der Waals surface area contributed by atoms with Crippen molar-refractivity contribution in [2.75, 3.05) is 7.05 Å². The van der Waals surface area contributed by atoms with E-state index in [9.17, 15) is 14.9 Å². The van der Waals surface area contributed by atoms with Crippen LogP contribution in [0.15, 0.2) is 24.3 Å². The van der Waals surface area contributed by atoms with Gasteiger partial charge in [0, 0.05) is 25.2 Å². The van der Waals surface area contributed by atoms with Crippen LogP contribution in [0.5, 0.6) is 0 Å². The molecule has 1 aromatic rings. The molecule has 0 saturated heterocycles. The molecule has 3 atom stereocenters. The highest BCUT2D eigenvalue weighted by atomic mass is 16.6. The first-order chi connectivity index (χ1) is 9.91. The van der Waals surface area contributed by atoms with E-state index < -0.39 is 4.92 Å². The van der Waals surface area contributed by atoms with Gasteiger partial charge in [-0.25, -0.2) is 0 Å². The van der Waals surface area contributed by atoms with Gasteiger partial charge in [-0.2, -0.15) is 0 Å². The van der Waals surface area contributed by atoms with E-state index in [1.54, 1.807) is 24.1 Å². The largest absolute Gasteiger partial charge is 0.339 e. The number of nitrogens with zero attached hydrogens (tertiary/aromatic N) is 2. The third-order valence-corrected chi connectivity index (χ3v) is 4.38. The minimum absolute atomic E-state index is 0.0269. The van der Waals surface area contributed by atoms with Gasteiger partial charge in [0.25, 0.3) is 5.69 Å². The lowest BCUT2D eigenvalue weighted by Crippen LogP contribution is -2.40. The van der Waals surface area contributed by atoms with Crippen molar-refractivity contribution in [3.05, 3.63) is 39.9 Å². The Morgan fingerprint density at radius 1 is 1.48 bits per heavy atom. The summed E-state index contributed by atoms with van der Waals surface area (Å²) in [4.78, 5) is 24.6. The van der Waals surface area contributed by atoms with Crippen LogP contribution in [-0.2, 0) is 4.79 Å². The van der Waals surface area contributed by atoms with E-state index in [2.05, 4.69) is 0 Å². The SMILES string of the molecule is CC(c1cccc([N+](=O)[O-])c1)N(C)C(=O)C1CCCC1N. The molecule has 6 nitrogen and oxygen atoms in total. The number of carbonyl (C=O) groups is 1. The molecule has 2 rings (SSSR count). The molecule has 1 aliphatic rings. The summed E-state index contributed by atoms with van der Waals surface area (Å²) >= 11 is 0. The van der Waals surface area contributed by atoms with E-state index in [1.165, 1.54) is 12.1 Å². The number of nitrogens with two attached hydrogens (primary N) is 1. The predicted octanol–water partition coefficient (Wildman–Crippen LogP) is 2.24. The van der Waals surface area contributed by atoms with Gasteiger partial charge >= 0.3 is 0 Å². The first kappa shape index (κ1) is 15.4. The summed E-state index contributed by atoms with van der Waals surface area (Å²) in [6, 6.07) is 6.12. The molecule has 3 unspecified atom stereocenters. The fraction of sp³-hybridized carbons (Fsp3) is 0.533. The molecular weight excluding hydrogens is 270 g/mol. The van der Waals surface area contributed by atoms with Crippen molar-refractivity contribution in [3.8, 4) is 0 Å². The molecule has 0 heterocycles. The molecular formula is C15H21N3O3. The van der Waals surface area contributed by atoms with Crippen LogP contribution in [0.4, 0.5) is 5.69 Å². The first-order valence-corrected chi connectivity index (χ1v) is 7.18. The predicted molar refractivity (Wildman–Crippen MR) is 79.6 cm³/mol. The Hall–Kier alpha value is -1.95. The standard InChI is InChI=1S/C15H21N3O3/c1-10(11-5-3-6-12(9-11)18(20)21)17(2)15(19)13-7-4-8-14(13)16/h3,5-6,9-10,13-14H,4,7-8,16H2,1-2H3. The van der Waals surface area contributed by atoms with Gasteiger partial charge in [-0.15, -0.1) is 0 Å². The smallest absolute Gasteiger partial charge is 0.269 e. The number of amides is 1. The molecule has 1 fully saturated rings. The normalized spacial score (nSPS) is 22.8. The lowest BCUT2D eigenvalue weighted by atomic mass is 10.00. The molecule has 0 aromatic heterocycles. The van der Waals surface area contributed by atoms with Crippen LogP contribution in [0, 0.1) is 16.0 Å². The minimum atomic E-state index is -0.426. The molecule has 1 aromatic carbocycles. The Labute approximate surface area is 124 Å². The van der Waals surface area contributed by atoms with Gasteiger partial charge in [0.2, 0.25) is 5.91 Å². The van der Waals surface area contributed by atoms with E-state index in [0.29, 0.717) is 0 Å². The molecule has 114 valence electrons. The third kappa shape index (κ3) is 3.21. The fourth-order valence-corrected chi connectivity index (χ4v) is 2.87. The van der Waals surface area contributed by atoms with Crippen LogP contribution in [0.3, 0.4) is 0 Å². The van der Waals surface area contributed by atoms with Crippen molar-refractivity contribution in [1.82, 2.24) is 4.90 Å². The lowest BCUT2D eigenvalue weighted by Gasteiger charge is -2.29. The van der Waals surface area contributed by atoms with Gasteiger partial charge in [-0.05, 0) is 25.3 Å². The summed E-state index contributed by atoms with van der Waals surface area (Å²) in [6.07, 6.45) is 2.69. The average Bonchev–Trinajstić information content (AvgIpc) is 2.91. The number of benzene rings is 1. The molecule has 1 saturated carbocycles. The summed E-state index contributed by atoms with van der Waals surface area (Å²) in [5.41, 5.74) is 6.78. The van der Waals surface area contributed by atoms with Crippen molar-refractivity contribution in [3.63, 3.8) is 0 Å². The summed E-state index contributed by atoms with van der Waals surface area (Å²) in [7, 11) is 1.73. The quantitative estimate of drug-likeness (QED) is 0.680. The summed E-state index contributed by atoms with van der Waals surface area (Å²) in [5.74, 6) is -0.102. The number of hydrogen-bond donors (Lipinski definition) is 1. The topological polar surface area (TPSA) is 89.5 Å². The molecule has 21 heavy (non-hydrogen) atoms.